The van der Waals surface area contributed by atoms with Gasteiger partial charge in [-0.05, 0) is 11.6 Å². The van der Waals surface area contributed by atoms with Gasteiger partial charge in [0.2, 0.25) is 5.91 Å². The van der Waals surface area contributed by atoms with Crippen LogP contribution < -0.4 is 10.6 Å². The van der Waals surface area contributed by atoms with Crippen LogP contribution in [0.4, 0.5) is 13.2 Å². The number of carbonyl (C=O) groups excluding carboxylic acids is 2. The van der Waals surface area contributed by atoms with E-state index in [9.17, 15) is 22.8 Å². The molecule has 9 nitrogen and oxygen atoms in total. The van der Waals surface area contributed by atoms with E-state index in [0.717, 1.165) is 0 Å². The fourth-order valence-electron chi connectivity index (χ4n) is 2.79. The van der Waals surface area contributed by atoms with E-state index >= 15 is 0 Å². The summed E-state index contributed by atoms with van der Waals surface area (Å²) in [5.41, 5.74) is 1.97. The van der Waals surface area contributed by atoms with Gasteiger partial charge in [-0.25, -0.2) is 9.50 Å². The maximum atomic E-state index is 12.4. The van der Waals surface area contributed by atoms with Gasteiger partial charge >= 0.3 is 6.18 Å². The van der Waals surface area contributed by atoms with Crippen molar-refractivity contribution in [3.63, 3.8) is 0 Å². The first-order valence-corrected chi connectivity index (χ1v) is 9.52. The summed E-state index contributed by atoms with van der Waals surface area (Å²) in [7, 11) is 0. The summed E-state index contributed by atoms with van der Waals surface area (Å²) >= 11 is 0. The number of rotatable bonds is 8. The van der Waals surface area contributed by atoms with E-state index in [2.05, 4.69) is 25.9 Å². The van der Waals surface area contributed by atoms with Crippen molar-refractivity contribution in [2.45, 2.75) is 51.9 Å². The monoisotopic (exact) mass is 438 g/mol. The van der Waals surface area contributed by atoms with Crippen molar-refractivity contribution in [1.29, 1.82) is 0 Å². The summed E-state index contributed by atoms with van der Waals surface area (Å²) in [6, 6.07) is 1.65. The van der Waals surface area contributed by atoms with Crippen LogP contribution in [0, 0.1) is 0 Å². The molecule has 2 N–H and O–H groups in total. The Morgan fingerprint density at radius 1 is 1.19 bits per heavy atom. The minimum atomic E-state index is -4.37. The molecule has 0 spiro atoms. The van der Waals surface area contributed by atoms with E-state index in [1.165, 1.54) is 16.9 Å². The maximum absolute atomic E-state index is 12.4. The van der Waals surface area contributed by atoms with Crippen LogP contribution in [-0.2, 0) is 17.9 Å². The van der Waals surface area contributed by atoms with Gasteiger partial charge in [0.05, 0.1) is 37.3 Å². The minimum Gasteiger partial charge on any atom is -0.360 e. The molecule has 0 aromatic carbocycles. The van der Waals surface area contributed by atoms with Crippen LogP contribution in [0.2, 0.25) is 0 Å². The van der Waals surface area contributed by atoms with Crippen LogP contribution in [0.5, 0.6) is 0 Å². The van der Waals surface area contributed by atoms with E-state index in [4.69, 9.17) is 4.52 Å². The fourth-order valence-corrected chi connectivity index (χ4v) is 2.79. The maximum Gasteiger partial charge on any atom is 0.389 e. The first kappa shape index (κ1) is 22.2. The second-order valence-electron chi connectivity index (χ2n) is 7.23. The first-order valence-electron chi connectivity index (χ1n) is 9.52. The molecular formula is C19H21F3N6O3. The normalized spacial score (nSPS) is 11.8. The fraction of sp³-hybridized carbons (Fsp3) is 0.421. The van der Waals surface area contributed by atoms with Crippen molar-refractivity contribution in [3.05, 3.63) is 47.2 Å². The molecule has 0 aliphatic carbocycles. The molecule has 0 radical (unpaired) electrons. The smallest absolute Gasteiger partial charge is 0.360 e. The van der Waals surface area contributed by atoms with Gasteiger partial charge in [-0.2, -0.15) is 18.3 Å². The lowest BCUT2D eigenvalue weighted by Gasteiger charge is -2.07. The average molecular weight is 438 g/mol. The topological polar surface area (TPSA) is 114 Å². The molecular weight excluding hydrogens is 417 g/mol. The van der Waals surface area contributed by atoms with Crippen LogP contribution in [0.3, 0.4) is 0 Å². The highest BCUT2D eigenvalue weighted by atomic mass is 19.4. The molecule has 0 aliphatic rings. The highest BCUT2D eigenvalue weighted by Gasteiger charge is 2.27. The second-order valence-corrected chi connectivity index (χ2v) is 7.23. The van der Waals surface area contributed by atoms with Gasteiger partial charge in [0.25, 0.3) is 5.91 Å². The average Bonchev–Trinajstić information content (AvgIpc) is 3.34. The van der Waals surface area contributed by atoms with Crippen molar-refractivity contribution in [3.8, 4) is 0 Å². The molecule has 0 saturated heterocycles. The lowest BCUT2D eigenvalue weighted by atomic mass is 10.1. The summed E-state index contributed by atoms with van der Waals surface area (Å²) in [5, 5.41) is 13.0. The van der Waals surface area contributed by atoms with Crippen molar-refractivity contribution in [2.24, 2.45) is 0 Å². The Bertz CT molecular complexity index is 1070. The molecule has 0 atom stereocenters. The zero-order chi connectivity index (χ0) is 22.6. The number of amides is 2. The molecule has 0 bridgehead atoms. The van der Waals surface area contributed by atoms with Crippen LogP contribution >= 0.6 is 0 Å². The molecule has 31 heavy (non-hydrogen) atoms. The highest BCUT2D eigenvalue weighted by molar-refractivity contribution is 5.94. The van der Waals surface area contributed by atoms with Crippen LogP contribution in [-0.4, -0.2) is 37.7 Å². The van der Waals surface area contributed by atoms with Gasteiger partial charge in [-0.1, -0.05) is 19.0 Å². The van der Waals surface area contributed by atoms with E-state index in [-0.39, 0.29) is 24.9 Å². The molecule has 2 amide bonds. The molecule has 0 saturated carbocycles. The number of nitrogens with zero attached hydrogens (tertiary/aromatic N) is 4. The summed E-state index contributed by atoms with van der Waals surface area (Å²) in [6.07, 6.45) is -1.68. The number of fused-ring (bicyclic) bond motifs is 1. The second kappa shape index (κ2) is 9.14. The summed E-state index contributed by atoms with van der Waals surface area (Å²) in [5.74, 6) is -0.526. The predicted molar refractivity (Wildman–Crippen MR) is 102 cm³/mol. The number of nitrogens with one attached hydrogen (secondary N) is 2. The van der Waals surface area contributed by atoms with Gasteiger partial charge < -0.3 is 15.2 Å². The Morgan fingerprint density at radius 3 is 2.68 bits per heavy atom. The Morgan fingerprint density at radius 2 is 1.97 bits per heavy atom. The van der Waals surface area contributed by atoms with Crippen molar-refractivity contribution >= 4 is 17.5 Å². The van der Waals surface area contributed by atoms with Gasteiger partial charge in [-0.3, -0.25) is 9.59 Å². The van der Waals surface area contributed by atoms with Crippen molar-refractivity contribution in [1.82, 2.24) is 30.4 Å². The molecule has 0 fully saturated rings. The van der Waals surface area contributed by atoms with Gasteiger partial charge in [-0.15, -0.1) is 0 Å². The number of hydrogen-bond donors (Lipinski definition) is 2. The predicted octanol–water partition coefficient (Wildman–Crippen LogP) is 2.73. The third-order valence-corrected chi connectivity index (χ3v) is 4.35. The zero-order valence-corrected chi connectivity index (χ0v) is 16.9. The Labute approximate surface area is 175 Å². The van der Waals surface area contributed by atoms with Crippen LogP contribution in [0.15, 0.2) is 29.2 Å². The lowest BCUT2D eigenvalue weighted by molar-refractivity contribution is -0.144. The van der Waals surface area contributed by atoms with E-state index in [1.54, 1.807) is 12.3 Å². The quantitative estimate of drug-likeness (QED) is 0.559. The molecule has 12 heteroatoms. The van der Waals surface area contributed by atoms with Gasteiger partial charge in [0, 0.05) is 18.9 Å². The molecule has 3 aromatic rings. The summed E-state index contributed by atoms with van der Waals surface area (Å²) in [4.78, 5) is 28.3. The van der Waals surface area contributed by atoms with Crippen molar-refractivity contribution < 1.29 is 27.3 Å². The largest absolute Gasteiger partial charge is 0.389 e. The minimum absolute atomic E-state index is 0.00928. The molecule has 0 unspecified atom stereocenters. The molecule has 3 rings (SSSR count). The molecule has 3 aromatic heterocycles. The summed E-state index contributed by atoms with van der Waals surface area (Å²) < 4.78 is 43.1. The molecule has 3 heterocycles. The van der Waals surface area contributed by atoms with Crippen LogP contribution in [0.25, 0.3) is 5.65 Å². The van der Waals surface area contributed by atoms with E-state index in [1.807, 2.05) is 13.8 Å². The van der Waals surface area contributed by atoms with Crippen LogP contribution in [0.1, 0.15) is 60.0 Å². The number of hydrogen-bond acceptors (Lipinski definition) is 6. The van der Waals surface area contributed by atoms with E-state index in [0.29, 0.717) is 28.2 Å². The Kier molecular flexibility index (Phi) is 6.56. The number of alkyl halides is 3. The number of imidazole rings is 1. The number of carbonyl (C=O) groups is 2. The molecule has 0 aliphatic heterocycles. The number of aromatic nitrogens is 4. The Hall–Kier alpha value is -3.44. The standard InChI is InChI=1S/C19H21F3N6O3/c1-11(2)17-14(9-26-31-17)18(30)24-8-13-10-28-15(27-13)5-12(7-25-28)6-23-16(29)3-4-19(20,21)22/h5,7,9-11H,3-4,6,8H2,1-2H3,(H,23,29)(H,24,30). The SMILES string of the molecule is CC(C)c1oncc1C(=O)NCc1cn2ncc(CNC(=O)CCC(F)(F)F)cc2n1. The highest BCUT2D eigenvalue weighted by Crippen LogP contribution is 2.21. The lowest BCUT2D eigenvalue weighted by Crippen LogP contribution is -2.24. The van der Waals surface area contributed by atoms with Gasteiger partial charge in [0.1, 0.15) is 5.56 Å². The van der Waals surface area contributed by atoms with E-state index < -0.39 is 24.9 Å². The first-order chi connectivity index (χ1) is 14.6. The van der Waals surface area contributed by atoms with Crippen molar-refractivity contribution in [2.75, 3.05) is 0 Å². The molecule has 166 valence electrons. The zero-order valence-electron chi connectivity index (χ0n) is 16.9. The number of halogens is 3. The third kappa shape index (κ3) is 6.03. The Balaban J connectivity index is 1.57. The van der Waals surface area contributed by atoms with Gasteiger partial charge in [0.15, 0.2) is 11.4 Å². The third-order valence-electron chi connectivity index (χ3n) is 4.35. The summed E-state index contributed by atoms with van der Waals surface area (Å²) in [6.45, 7) is 3.96.